The van der Waals surface area contributed by atoms with Gasteiger partial charge in [-0.3, -0.25) is 0 Å². The molecular weight excluding hydrogens is 316 g/mol. The van der Waals surface area contributed by atoms with Crippen molar-refractivity contribution >= 4 is 11.8 Å². The van der Waals surface area contributed by atoms with Crippen LogP contribution in [0.4, 0.5) is 19.3 Å². The number of halogens is 2. The van der Waals surface area contributed by atoms with E-state index in [1.807, 2.05) is 0 Å². The van der Waals surface area contributed by atoms with Gasteiger partial charge in [-0.1, -0.05) is 0 Å². The Kier molecular flexibility index (Phi) is 5.27. The number of benzene rings is 1. The van der Waals surface area contributed by atoms with Gasteiger partial charge in [0.2, 0.25) is 0 Å². The number of nitriles is 1. The number of anilines is 1. The third-order valence-corrected chi connectivity index (χ3v) is 3.69. The van der Waals surface area contributed by atoms with E-state index in [-0.39, 0.29) is 23.8 Å². The fourth-order valence-corrected chi connectivity index (χ4v) is 2.64. The maximum absolute atomic E-state index is 13.9. The molecule has 0 spiro atoms. The second kappa shape index (κ2) is 7.04. The van der Waals surface area contributed by atoms with Crippen LogP contribution in [0.25, 0.3) is 0 Å². The second-order valence-electron chi connectivity index (χ2n) is 6.78. The van der Waals surface area contributed by atoms with Crippen LogP contribution < -0.4 is 5.32 Å². The van der Waals surface area contributed by atoms with Gasteiger partial charge in [-0.15, -0.1) is 0 Å². The molecule has 1 aromatic carbocycles. The predicted octanol–water partition coefficient (Wildman–Crippen LogP) is 3.65. The molecule has 1 N–H and O–H groups in total. The highest BCUT2D eigenvalue weighted by Crippen LogP contribution is 2.24. The van der Waals surface area contributed by atoms with Crippen LogP contribution >= 0.6 is 0 Å². The van der Waals surface area contributed by atoms with Crippen LogP contribution in [-0.2, 0) is 4.74 Å². The number of hydrogen-bond acceptors (Lipinski definition) is 4. The first-order chi connectivity index (χ1) is 11.2. The molecule has 1 amide bonds. The number of carbonyl (C=O) groups is 1. The topological polar surface area (TPSA) is 65.4 Å². The molecule has 0 unspecified atom stereocenters. The van der Waals surface area contributed by atoms with Crippen LogP contribution in [0.15, 0.2) is 12.1 Å². The number of likely N-dealkylation sites (tertiary alicyclic amines) is 1. The number of amides is 1. The molecule has 1 heterocycles. The number of nitrogens with one attached hydrogen (secondary N) is 1. The van der Waals surface area contributed by atoms with Crippen molar-refractivity contribution in [3.05, 3.63) is 29.3 Å². The Balaban J connectivity index is 2.04. The van der Waals surface area contributed by atoms with Crippen LogP contribution in [0.5, 0.6) is 0 Å². The molecule has 1 aliphatic heterocycles. The second-order valence-corrected chi connectivity index (χ2v) is 6.78. The summed E-state index contributed by atoms with van der Waals surface area (Å²) in [6.45, 7) is 6.12. The van der Waals surface area contributed by atoms with E-state index in [0.717, 1.165) is 25.0 Å². The largest absolute Gasteiger partial charge is 0.444 e. The van der Waals surface area contributed by atoms with E-state index in [2.05, 4.69) is 5.32 Å². The first kappa shape index (κ1) is 18.0. The molecular formula is C17H21F2N3O2. The van der Waals surface area contributed by atoms with Crippen LogP contribution in [0.1, 0.15) is 39.2 Å². The Labute approximate surface area is 140 Å². The fraction of sp³-hybridized carbons (Fsp3) is 0.529. The Bertz CT molecular complexity index is 642. The number of carbonyl (C=O) groups excluding carboxylic acids is 1. The maximum Gasteiger partial charge on any atom is 0.410 e. The van der Waals surface area contributed by atoms with Gasteiger partial charge >= 0.3 is 6.09 Å². The van der Waals surface area contributed by atoms with Crippen molar-refractivity contribution in [2.24, 2.45) is 0 Å². The summed E-state index contributed by atoms with van der Waals surface area (Å²) in [5.74, 6) is -1.65. The molecule has 7 heteroatoms. The van der Waals surface area contributed by atoms with E-state index in [0.29, 0.717) is 6.54 Å². The van der Waals surface area contributed by atoms with Gasteiger partial charge in [-0.25, -0.2) is 13.6 Å². The highest BCUT2D eigenvalue weighted by molar-refractivity contribution is 5.69. The molecule has 0 aromatic heterocycles. The molecule has 2 rings (SSSR count). The summed E-state index contributed by atoms with van der Waals surface area (Å²) in [5, 5.41) is 11.4. The van der Waals surface area contributed by atoms with Crippen molar-refractivity contribution in [3.63, 3.8) is 0 Å². The van der Waals surface area contributed by atoms with Crippen molar-refractivity contribution < 1.29 is 18.3 Å². The quantitative estimate of drug-likeness (QED) is 0.914. The summed E-state index contributed by atoms with van der Waals surface area (Å²) in [6.07, 6.45) is 1.11. The lowest BCUT2D eigenvalue weighted by atomic mass is 10.1. The molecule has 130 valence electrons. The van der Waals surface area contributed by atoms with E-state index >= 15 is 0 Å². The molecule has 0 aliphatic carbocycles. The van der Waals surface area contributed by atoms with Crippen LogP contribution in [0.3, 0.4) is 0 Å². The van der Waals surface area contributed by atoms with Gasteiger partial charge in [0.05, 0.1) is 17.7 Å². The summed E-state index contributed by atoms with van der Waals surface area (Å²) in [4.78, 5) is 13.8. The molecule has 1 atom stereocenters. The Morgan fingerprint density at radius 3 is 2.58 bits per heavy atom. The van der Waals surface area contributed by atoms with Gasteiger partial charge in [-0.2, -0.15) is 5.26 Å². The SMILES string of the molecule is CC(C)(C)OC(=O)N1CCC[C@H]1CNc1c(F)cc(C#N)cc1F. The summed E-state index contributed by atoms with van der Waals surface area (Å²) < 4.78 is 33.1. The Morgan fingerprint density at radius 2 is 2.04 bits per heavy atom. The zero-order valence-electron chi connectivity index (χ0n) is 14.0. The van der Waals surface area contributed by atoms with E-state index in [4.69, 9.17) is 10.00 Å². The van der Waals surface area contributed by atoms with E-state index in [1.165, 1.54) is 0 Å². The van der Waals surface area contributed by atoms with Crippen LogP contribution in [-0.4, -0.2) is 35.7 Å². The number of rotatable bonds is 3. The average molecular weight is 337 g/mol. The highest BCUT2D eigenvalue weighted by atomic mass is 19.1. The summed E-state index contributed by atoms with van der Waals surface area (Å²) in [7, 11) is 0. The third kappa shape index (κ3) is 4.34. The summed E-state index contributed by atoms with van der Waals surface area (Å²) in [6, 6.07) is 3.46. The predicted molar refractivity (Wildman–Crippen MR) is 85.5 cm³/mol. The van der Waals surface area contributed by atoms with Crippen molar-refractivity contribution in [2.45, 2.75) is 45.3 Å². The van der Waals surface area contributed by atoms with Crippen molar-refractivity contribution in [1.82, 2.24) is 4.90 Å². The van der Waals surface area contributed by atoms with Gasteiger partial charge in [0.1, 0.15) is 11.3 Å². The van der Waals surface area contributed by atoms with E-state index < -0.39 is 23.3 Å². The molecule has 1 aromatic rings. The summed E-state index contributed by atoms with van der Waals surface area (Å²) >= 11 is 0. The van der Waals surface area contributed by atoms with E-state index in [9.17, 15) is 13.6 Å². The first-order valence-electron chi connectivity index (χ1n) is 7.84. The van der Waals surface area contributed by atoms with Crippen LogP contribution in [0, 0.1) is 23.0 Å². The normalized spacial score (nSPS) is 17.5. The molecule has 0 saturated carbocycles. The van der Waals surface area contributed by atoms with Crippen molar-refractivity contribution in [3.8, 4) is 6.07 Å². The summed E-state index contributed by atoms with van der Waals surface area (Å²) in [5.41, 5.74) is -0.958. The number of nitrogens with zero attached hydrogens (tertiary/aromatic N) is 2. The average Bonchev–Trinajstić information content (AvgIpc) is 2.93. The third-order valence-electron chi connectivity index (χ3n) is 3.69. The van der Waals surface area contributed by atoms with E-state index in [1.54, 1.807) is 31.7 Å². The molecule has 1 saturated heterocycles. The minimum Gasteiger partial charge on any atom is -0.444 e. The van der Waals surface area contributed by atoms with Gasteiger partial charge in [0.25, 0.3) is 0 Å². The monoisotopic (exact) mass is 337 g/mol. The molecule has 1 fully saturated rings. The maximum atomic E-state index is 13.9. The first-order valence-corrected chi connectivity index (χ1v) is 7.84. The van der Waals surface area contributed by atoms with Gasteiger partial charge < -0.3 is 15.0 Å². The number of ether oxygens (including phenoxy) is 1. The highest BCUT2D eigenvalue weighted by Gasteiger charge is 2.32. The molecule has 1 aliphatic rings. The smallest absolute Gasteiger partial charge is 0.410 e. The number of hydrogen-bond donors (Lipinski definition) is 1. The minimum absolute atomic E-state index is 0.0770. The molecule has 24 heavy (non-hydrogen) atoms. The molecule has 5 nitrogen and oxygen atoms in total. The standard InChI is InChI=1S/C17H21F2N3O2/c1-17(2,3)24-16(23)22-6-4-5-12(22)10-21-15-13(18)7-11(9-20)8-14(15)19/h7-8,12,21H,4-6,10H2,1-3H3/t12-/m0/s1. The Hall–Kier alpha value is -2.36. The zero-order chi connectivity index (χ0) is 17.9. The lowest BCUT2D eigenvalue weighted by Gasteiger charge is -2.29. The molecule has 0 radical (unpaired) electrons. The lowest BCUT2D eigenvalue weighted by molar-refractivity contribution is 0.0235. The van der Waals surface area contributed by atoms with Crippen molar-refractivity contribution in [1.29, 1.82) is 5.26 Å². The van der Waals surface area contributed by atoms with Gasteiger partial charge in [-0.05, 0) is 45.7 Å². The van der Waals surface area contributed by atoms with Gasteiger partial charge in [0.15, 0.2) is 11.6 Å². The van der Waals surface area contributed by atoms with Crippen molar-refractivity contribution in [2.75, 3.05) is 18.4 Å². The van der Waals surface area contributed by atoms with Crippen LogP contribution in [0.2, 0.25) is 0 Å². The lowest BCUT2D eigenvalue weighted by Crippen LogP contribution is -2.42. The zero-order valence-corrected chi connectivity index (χ0v) is 14.0. The Morgan fingerprint density at radius 1 is 1.42 bits per heavy atom. The minimum atomic E-state index is -0.826. The fourth-order valence-electron chi connectivity index (χ4n) is 2.64. The van der Waals surface area contributed by atoms with Gasteiger partial charge in [0, 0.05) is 13.1 Å². The molecule has 0 bridgehead atoms.